The van der Waals surface area contributed by atoms with Crippen LogP contribution in [0.1, 0.15) is 49.1 Å². The SMILES string of the molecule is CC(C)c1nc(N(Cc2cccs2)C(C)C)sc1CO. The fourth-order valence-corrected chi connectivity index (χ4v) is 3.99. The molecular weight excluding hydrogens is 288 g/mol. The highest BCUT2D eigenvalue weighted by Gasteiger charge is 2.20. The molecule has 0 aliphatic carbocycles. The van der Waals surface area contributed by atoms with Gasteiger partial charge in [-0.05, 0) is 31.2 Å². The van der Waals surface area contributed by atoms with Crippen molar-refractivity contribution in [3.63, 3.8) is 0 Å². The lowest BCUT2D eigenvalue weighted by atomic mass is 10.1. The van der Waals surface area contributed by atoms with Crippen LogP contribution in [0, 0.1) is 0 Å². The number of hydrogen-bond acceptors (Lipinski definition) is 5. The third-order valence-corrected chi connectivity index (χ3v) is 5.14. The molecule has 0 fully saturated rings. The Balaban J connectivity index is 2.29. The van der Waals surface area contributed by atoms with E-state index in [0.717, 1.165) is 22.2 Å². The molecule has 0 bridgehead atoms. The Kier molecular flexibility index (Phi) is 5.18. The molecular formula is C15H22N2OS2. The Bertz CT molecular complexity index is 532. The molecule has 0 radical (unpaired) electrons. The topological polar surface area (TPSA) is 36.4 Å². The first kappa shape index (κ1) is 15.5. The molecule has 0 aliphatic heterocycles. The van der Waals surface area contributed by atoms with Crippen molar-refractivity contribution in [2.75, 3.05) is 4.90 Å². The lowest BCUT2D eigenvalue weighted by Gasteiger charge is -2.25. The van der Waals surface area contributed by atoms with E-state index in [-0.39, 0.29) is 6.61 Å². The molecule has 0 saturated carbocycles. The zero-order chi connectivity index (χ0) is 14.7. The molecule has 2 aromatic rings. The molecule has 0 unspecified atom stereocenters. The summed E-state index contributed by atoms with van der Waals surface area (Å²) in [6, 6.07) is 4.62. The zero-order valence-electron chi connectivity index (χ0n) is 12.5. The number of thiazole rings is 1. The van der Waals surface area contributed by atoms with Crippen LogP contribution in [0.15, 0.2) is 17.5 Å². The van der Waals surface area contributed by atoms with E-state index in [1.807, 2.05) is 0 Å². The van der Waals surface area contributed by atoms with Gasteiger partial charge in [-0.3, -0.25) is 0 Å². The van der Waals surface area contributed by atoms with Gasteiger partial charge < -0.3 is 10.0 Å². The van der Waals surface area contributed by atoms with Gasteiger partial charge in [-0.1, -0.05) is 31.3 Å². The molecule has 110 valence electrons. The largest absolute Gasteiger partial charge is 0.391 e. The number of rotatable bonds is 6. The lowest BCUT2D eigenvalue weighted by Crippen LogP contribution is -2.29. The summed E-state index contributed by atoms with van der Waals surface area (Å²) in [7, 11) is 0. The average Bonchev–Trinajstić information content (AvgIpc) is 3.04. The van der Waals surface area contributed by atoms with E-state index >= 15 is 0 Å². The fourth-order valence-electron chi connectivity index (χ4n) is 2.08. The van der Waals surface area contributed by atoms with Crippen molar-refractivity contribution >= 4 is 27.8 Å². The minimum absolute atomic E-state index is 0.0795. The zero-order valence-corrected chi connectivity index (χ0v) is 14.1. The first-order valence-electron chi connectivity index (χ1n) is 6.92. The van der Waals surface area contributed by atoms with Gasteiger partial charge in [0, 0.05) is 10.9 Å². The van der Waals surface area contributed by atoms with Crippen molar-refractivity contribution in [3.8, 4) is 0 Å². The normalized spacial score (nSPS) is 11.6. The second kappa shape index (κ2) is 6.70. The third-order valence-electron chi connectivity index (χ3n) is 3.18. The smallest absolute Gasteiger partial charge is 0.186 e. The highest BCUT2D eigenvalue weighted by molar-refractivity contribution is 7.15. The highest BCUT2D eigenvalue weighted by Crippen LogP contribution is 2.33. The second-order valence-corrected chi connectivity index (χ2v) is 7.51. The highest BCUT2D eigenvalue weighted by atomic mass is 32.1. The van der Waals surface area contributed by atoms with Crippen molar-refractivity contribution in [1.82, 2.24) is 4.98 Å². The van der Waals surface area contributed by atoms with Crippen LogP contribution in [-0.4, -0.2) is 16.1 Å². The van der Waals surface area contributed by atoms with Gasteiger partial charge in [-0.25, -0.2) is 4.98 Å². The maximum absolute atomic E-state index is 9.51. The second-order valence-electron chi connectivity index (χ2n) is 5.42. The van der Waals surface area contributed by atoms with E-state index in [1.54, 1.807) is 22.7 Å². The molecule has 2 heterocycles. The number of nitrogens with zero attached hydrogens (tertiary/aromatic N) is 2. The predicted molar refractivity (Wildman–Crippen MR) is 87.8 cm³/mol. The van der Waals surface area contributed by atoms with E-state index in [9.17, 15) is 5.11 Å². The van der Waals surface area contributed by atoms with E-state index in [0.29, 0.717) is 12.0 Å². The van der Waals surface area contributed by atoms with Crippen LogP contribution in [0.3, 0.4) is 0 Å². The summed E-state index contributed by atoms with van der Waals surface area (Å²) in [6.45, 7) is 9.57. The van der Waals surface area contributed by atoms with Gasteiger partial charge in [-0.2, -0.15) is 0 Å². The Labute approximate surface area is 128 Å². The summed E-state index contributed by atoms with van der Waals surface area (Å²) in [6.07, 6.45) is 0. The quantitative estimate of drug-likeness (QED) is 0.867. The lowest BCUT2D eigenvalue weighted by molar-refractivity contribution is 0.283. The van der Waals surface area contributed by atoms with E-state index < -0.39 is 0 Å². The fraction of sp³-hybridized carbons (Fsp3) is 0.533. The maximum Gasteiger partial charge on any atom is 0.186 e. The summed E-state index contributed by atoms with van der Waals surface area (Å²) in [5, 5.41) is 12.6. The van der Waals surface area contributed by atoms with Gasteiger partial charge in [0.2, 0.25) is 0 Å². The predicted octanol–water partition coefficient (Wildman–Crippen LogP) is 4.24. The van der Waals surface area contributed by atoms with Crippen LogP contribution in [0.25, 0.3) is 0 Å². The number of aliphatic hydroxyl groups is 1. The Hall–Kier alpha value is -0.910. The van der Waals surface area contributed by atoms with Crippen molar-refractivity contribution in [1.29, 1.82) is 0 Å². The van der Waals surface area contributed by atoms with Crippen molar-refractivity contribution in [3.05, 3.63) is 33.0 Å². The van der Waals surface area contributed by atoms with Gasteiger partial charge in [0.25, 0.3) is 0 Å². The number of anilines is 1. The van der Waals surface area contributed by atoms with E-state index in [1.165, 1.54) is 4.88 Å². The van der Waals surface area contributed by atoms with Gasteiger partial charge in [0.05, 0.1) is 23.7 Å². The number of thiophene rings is 1. The van der Waals surface area contributed by atoms with Gasteiger partial charge >= 0.3 is 0 Å². The van der Waals surface area contributed by atoms with Crippen LogP contribution in [0.4, 0.5) is 5.13 Å². The molecule has 2 rings (SSSR count). The molecule has 1 N–H and O–H groups in total. The van der Waals surface area contributed by atoms with Crippen LogP contribution < -0.4 is 4.90 Å². The van der Waals surface area contributed by atoms with E-state index in [4.69, 9.17) is 4.98 Å². The molecule has 20 heavy (non-hydrogen) atoms. The van der Waals surface area contributed by atoms with Crippen LogP contribution in [0.5, 0.6) is 0 Å². The monoisotopic (exact) mass is 310 g/mol. The third kappa shape index (κ3) is 3.40. The van der Waals surface area contributed by atoms with Crippen molar-refractivity contribution in [2.45, 2.75) is 52.8 Å². The van der Waals surface area contributed by atoms with Gasteiger partial charge in [0.1, 0.15) is 0 Å². The van der Waals surface area contributed by atoms with Crippen molar-refractivity contribution < 1.29 is 5.11 Å². The summed E-state index contributed by atoms with van der Waals surface area (Å²) in [4.78, 5) is 9.41. The first-order chi connectivity index (χ1) is 9.52. The van der Waals surface area contributed by atoms with Crippen LogP contribution in [0.2, 0.25) is 0 Å². The Morgan fingerprint density at radius 3 is 2.50 bits per heavy atom. The molecule has 0 spiro atoms. The first-order valence-corrected chi connectivity index (χ1v) is 8.62. The van der Waals surface area contributed by atoms with E-state index in [2.05, 4.69) is 50.1 Å². The van der Waals surface area contributed by atoms with Crippen LogP contribution >= 0.6 is 22.7 Å². The molecule has 3 nitrogen and oxygen atoms in total. The molecule has 0 aliphatic rings. The van der Waals surface area contributed by atoms with Gasteiger partial charge in [-0.15, -0.1) is 11.3 Å². The molecule has 2 aromatic heterocycles. The molecule has 0 atom stereocenters. The summed E-state index contributed by atoms with van der Waals surface area (Å²) < 4.78 is 0. The minimum atomic E-state index is 0.0795. The molecule has 0 amide bonds. The summed E-state index contributed by atoms with van der Waals surface area (Å²) >= 11 is 3.39. The summed E-state index contributed by atoms with van der Waals surface area (Å²) in [5.41, 5.74) is 1.03. The number of hydrogen-bond donors (Lipinski definition) is 1. The Morgan fingerprint density at radius 2 is 2.05 bits per heavy atom. The maximum atomic E-state index is 9.51. The number of aromatic nitrogens is 1. The standard InChI is InChI=1S/C15H22N2OS2/c1-10(2)14-13(9-18)20-15(16-14)17(11(3)4)8-12-6-5-7-19-12/h5-7,10-11,18H,8-9H2,1-4H3. The summed E-state index contributed by atoms with van der Waals surface area (Å²) in [5.74, 6) is 0.345. The minimum Gasteiger partial charge on any atom is -0.391 e. The number of aliphatic hydroxyl groups excluding tert-OH is 1. The molecule has 5 heteroatoms. The van der Waals surface area contributed by atoms with Gasteiger partial charge in [0.15, 0.2) is 5.13 Å². The van der Waals surface area contributed by atoms with Crippen molar-refractivity contribution in [2.24, 2.45) is 0 Å². The molecule has 0 aromatic carbocycles. The van der Waals surface area contributed by atoms with Crippen LogP contribution in [-0.2, 0) is 13.2 Å². The Morgan fingerprint density at radius 1 is 1.30 bits per heavy atom. The molecule has 0 saturated heterocycles. The average molecular weight is 310 g/mol.